The van der Waals surface area contributed by atoms with Gasteiger partial charge in [-0.05, 0) is 18.2 Å². The summed E-state index contributed by atoms with van der Waals surface area (Å²) in [6, 6.07) is 8.94. The summed E-state index contributed by atoms with van der Waals surface area (Å²) >= 11 is 0. The number of fused-ring (bicyclic) bond motifs is 6. The molecular formula is C22H22O10. The topological polar surface area (TPSA) is 136 Å². The Morgan fingerprint density at radius 3 is 2.47 bits per heavy atom. The smallest absolute Gasteiger partial charge is 0.231 e. The van der Waals surface area contributed by atoms with Crippen LogP contribution in [0.25, 0.3) is 0 Å². The van der Waals surface area contributed by atoms with Crippen molar-refractivity contribution in [2.75, 3.05) is 20.0 Å². The van der Waals surface area contributed by atoms with E-state index in [1.807, 2.05) is 18.2 Å². The molecule has 32 heavy (non-hydrogen) atoms. The molecule has 10 nitrogen and oxygen atoms in total. The maximum Gasteiger partial charge on any atom is 0.231 e. The molecule has 10 heteroatoms. The van der Waals surface area contributed by atoms with Gasteiger partial charge in [0.1, 0.15) is 47.8 Å². The highest BCUT2D eigenvalue weighted by Gasteiger charge is 2.45. The van der Waals surface area contributed by atoms with E-state index < -0.39 is 37.3 Å². The van der Waals surface area contributed by atoms with Crippen molar-refractivity contribution in [2.45, 2.75) is 42.7 Å². The summed E-state index contributed by atoms with van der Waals surface area (Å²) in [6.45, 7) is 0.0648. The van der Waals surface area contributed by atoms with E-state index in [-0.39, 0.29) is 18.8 Å². The quantitative estimate of drug-likeness (QED) is 0.518. The summed E-state index contributed by atoms with van der Waals surface area (Å²) in [7, 11) is 0. The molecule has 2 aromatic rings. The zero-order valence-corrected chi connectivity index (χ0v) is 16.8. The highest BCUT2D eigenvalue weighted by Crippen LogP contribution is 2.54. The van der Waals surface area contributed by atoms with Crippen molar-refractivity contribution in [1.82, 2.24) is 0 Å². The number of ether oxygens (including phenoxy) is 6. The fourth-order valence-electron chi connectivity index (χ4n) is 4.60. The van der Waals surface area contributed by atoms with Crippen LogP contribution in [-0.4, -0.2) is 71.1 Å². The van der Waals surface area contributed by atoms with Gasteiger partial charge in [-0.25, -0.2) is 0 Å². The first-order valence-corrected chi connectivity index (χ1v) is 10.4. The van der Waals surface area contributed by atoms with Crippen molar-refractivity contribution in [3.05, 3.63) is 41.5 Å². The van der Waals surface area contributed by atoms with E-state index in [9.17, 15) is 20.4 Å². The van der Waals surface area contributed by atoms with E-state index in [0.29, 0.717) is 29.6 Å². The van der Waals surface area contributed by atoms with Crippen molar-refractivity contribution in [3.63, 3.8) is 0 Å². The van der Waals surface area contributed by atoms with Gasteiger partial charge in [-0.15, -0.1) is 0 Å². The predicted molar refractivity (Wildman–Crippen MR) is 105 cm³/mol. The minimum absolute atomic E-state index is 0.00390. The first-order chi connectivity index (χ1) is 15.5. The lowest BCUT2D eigenvalue weighted by Gasteiger charge is -2.39. The monoisotopic (exact) mass is 446 g/mol. The first kappa shape index (κ1) is 19.9. The molecular weight excluding hydrogens is 424 g/mol. The maximum atomic E-state index is 10.2. The van der Waals surface area contributed by atoms with Crippen molar-refractivity contribution in [1.29, 1.82) is 0 Å². The zero-order valence-electron chi connectivity index (χ0n) is 16.8. The van der Waals surface area contributed by atoms with Crippen molar-refractivity contribution in [3.8, 4) is 28.7 Å². The van der Waals surface area contributed by atoms with Gasteiger partial charge in [0.15, 0.2) is 11.5 Å². The normalized spacial score (nSPS) is 34.1. The molecule has 0 amide bonds. The van der Waals surface area contributed by atoms with Crippen LogP contribution in [-0.2, 0) is 4.74 Å². The lowest BCUT2D eigenvalue weighted by atomic mass is 9.89. The molecule has 0 aromatic heterocycles. The average Bonchev–Trinajstić information content (AvgIpc) is 3.41. The van der Waals surface area contributed by atoms with E-state index in [1.165, 1.54) is 0 Å². The first-order valence-electron chi connectivity index (χ1n) is 10.4. The Hall–Kier alpha value is -2.76. The van der Waals surface area contributed by atoms with Crippen LogP contribution in [0.3, 0.4) is 0 Å². The summed E-state index contributed by atoms with van der Waals surface area (Å²) in [4.78, 5) is 0. The van der Waals surface area contributed by atoms with Gasteiger partial charge in [-0.3, -0.25) is 0 Å². The molecule has 4 aliphatic heterocycles. The molecule has 1 fully saturated rings. The Bertz CT molecular complexity index is 1040. The van der Waals surface area contributed by atoms with Crippen LogP contribution < -0.4 is 23.7 Å². The third kappa shape index (κ3) is 2.99. The number of aliphatic hydroxyl groups excluding tert-OH is 4. The van der Waals surface area contributed by atoms with Gasteiger partial charge in [-0.1, -0.05) is 0 Å². The second-order valence-electron chi connectivity index (χ2n) is 8.21. The summed E-state index contributed by atoms with van der Waals surface area (Å²) in [5, 5.41) is 39.4. The minimum Gasteiger partial charge on any atom is -0.492 e. The fourth-order valence-corrected chi connectivity index (χ4v) is 4.60. The third-order valence-corrected chi connectivity index (χ3v) is 6.33. The molecule has 170 valence electrons. The van der Waals surface area contributed by atoms with Crippen LogP contribution in [0.15, 0.2) is 30.3 Å². The number of benzene rings is 2. The SMILES string of the molecule is OC[C@@H]1O[C@H](Oc2ccc3c(c2)OC[C@@H]2c4cc5c(cc4O[C@H]32)OCO5)[C@@H](O)[C@H](O)[C@H]1O. The summed E-state index contributed by atoms with van der Waals surface area (Å²) in [5.41, 5.74) is 1.85. The number of hydrogen-bond donors (Lipinski definition) is 4. The van der Waals surface area contributed by atoms with Gasteiger partial charge in [-0.2, -0.15) is 0 Å². The second-order valence-corrected chi connectivity index (χ2v) is 8.21. The van der Waals surface area contributed by atoms with E-state index in [2.05, 4.69) is 0 Å². The fraction of sp³-hybridized carbons (Fsp3) is 0.455. The van der Waals surface area contributed by atoms with E-state index in [4.69, 9.17) is 28.4 Å². The molecule has 0 radical (unpaired) electrons. The zero-order chi connectivity index (χ0) is 22.0. The summed E-state index contributed by atoms with van der Waals surface area (Å²) in [5.74, 6) is 3.00. The van der Waals surface area contributed by atoms with Gasteiger partial charge in [0.2, 0.25) is 13.1 Å². The molecule has 2 aromatic carbocycles. The van der Waals surface area contributed by atoms with Crippen LogP contribution in [0.2, 0.25) is 0 Å². The molecule has 0 unspecified atom stereocenters. The predicted octanol–water partition coefficient (Wildman–Crippen LogP) is 0.204. The van der Waals surface area contributed by atoms with Crippen molar-refractivity contribution >= 4 is 0 Å². The Kier molecular flexibility index (Phi) is 4.60. The van der Waals surface area contributed by atoms with Gasteiger partial charge in [0.25, 0.3) is 0 Å². The van der Waals surface area contributed by atoms with E-state index in [1.54, 1.807) is 12.1 Å². The molecule has 6 rings (SSSR count). The standard InChI is InChI=1S/C22H22O10/c23-6-17-18(24)19(25)20(26)22(32-17)30-9-1-2-10-13(3-9)27-7-12-11-4-15-16(29-8-28-15)5-14(11)31-21(10)12/h1-5,12,17-26H,6-8H2/t12-,17+,18+,19-,20+,21-,22+/m1/s1. The lowest BCUT2D eigenvalue weighted by molar-refractivity contribution is -0.277. The van der Waals surface area contributed by atoms with E-state index >= 15 is 0 Å². The lowest BCUT2D eigenvalue weighted by Crippen LogP contribution is -2.60. The maximum absolute atomic E-state index is 10.2. The van der Waals surface area contributed by atoms with Crippen LogP contribution in [0, 0.1) is 0 Å². The highest BCUT2D eigenvalue weighted by atomic mass is 16.7. The molecule has 1 saturated heterocycles. The van der Waals surface area contributed by atoms with E-state index in [0.717, 1.165) is 16.9 Å². The Labute approximate surface area is 182 Å². The Morgan fingerprint density at radius 2 is 1.66 bits per heavy atom. The third-order valence-electron chi connectivity index (χ3n) is 6.33. The molecule has 4 heterocycles. The molecule has 0 saturated carbocycles. The van der Waals surface area contributed by atoms with Crippen LogP contribution in [0.1, 0.15) is 23.1 Å². The highest BCUT2D eigenvalue weighted by molar-refractivity contribution is 5.57. The van der Waals surface area contributed by atoms with Crippen molar-refractivity contribution in [2.24, 2.45) is 0 Å². The molecule has 4 N–H and O–H groups in total. The Balaban J connectivity index is 1.23. The molecule has 7 atom stereocenters. The largest absolute Gasteiger partial charge is 0.492 e. The molecule has 0 spiro atoms. The summed E-state index contributed by atoms with van der Waals surface area (Å²) in [6.07, 6.45) is -7.01. The summed E-state index contributed by atoms with van der Waals surface area (Å²) < 4.78 is 34.2. The van der Waals surface area contributed by atoms with Crippen LogP contribution >= 0.6 is 0 Å². The molecule has 0 aliphatic carbocycles. The second kappa shape index (κ2) is 7.39. The van der Waals surface area contributed by atoms with Gasteiger partial charge < -0.3 is 48.8 Å². The number of aliphatic hydroxyl groups is 4. The molecule has 4 aliphatic rings. The van der Waals surface area contributed by atoms with Crippen LogP contribution in [0.5, 0.6) is 28.7 Å². The number of hydrogen-bond acceptors (Lipinski definition) is 10. The van der Waals surface area contributed by atoms with Crippen molar-refractivity contribution < 1.29 is 48.8 Å². The van der Waals surface area contributed by atoms with Gasteiger partial charge in [0.05, 0.1) is 19.1 Å². The number of rotatable bonds is 3. The molecule has 0 bridgehead atoms. The van der Waals surface area contributed by atoms with Gasteiger partial charge in [0, 0.05) is 23.3 Å². The van der Waals surface area contributed by atoms with Gasteiger partial charge >= 0.3 is 0 Å². The Morgan fingerprint density at radius 1 is 0.844 bits per heavy atom. The minimum atomic E-state index is -1.51. The average molecular weight is 446 g/mol. The van der Waals surface area contributed by atoms with Crippen LogP contribution in [0.4, 0.5) is 0 Å².